The Labute approximate surface area is 207 Å². The minimum absolute atomic E-state index is 0.0385. The SMILES string of the molecule is CC(C)(C)CC(=O)N1CCC(CC(=O)O)C(CCN2CCC(n3c(=O)[nH]c4ccccc43)CC2)C1. The van der Waals surface area contributed by atoms with E-state index < -0.39 is 5.97 Å². The Morgan fingerprint density at radius 1 is 1.06 bits per heavy atom. The monoisotopic (exact) mass is 484 g/mol. The number of para-hydroxylation sites is 2. The molecule has 0 saturated carbocycles. The predicted octanol–water partition coefficient (Wildman–Crippen LogP) is 3.73. The van der Waals surface area contributed by atoms with Crippen LogP contribution in [0.4, 0.5) is 0 Å². The number of aliphatic carboxylic acids is 1. The molecule has 2 fully saturated rings. The van der Waals surface area contributed by atoms with E-state index in [4.69, 9.17) is 0 Å². The second kappa shape index (κ2) is 10.6. The number of nitrogens with zero attached hydrogens (tertiary/aromatic N) is 3. The third-order valence-corrected chi connectivity index (χ3v) is 7.72. The van der Waals surface area contributed by atoms with Crippen LogP contribution in [0.25, 0.3) is 11.0 Å². The van der Waals surface area contributed by atoms with Crippen molar-refractivity contribution in [2.45, 2.75) is 65.3 Å². The largest absolute Gasteiger partial charge is 0.481 e. The highest BCUT2D eigenvalue weighted by Gasteiger charge is 2.34. The van der Waals surface area contributed by atoms with Gasteiger partial charge in [0, 0.05) is 45.1 Å². The number of carbonyl (C=O) groups excluding carboxylic acids is 1. The quantitative estimate of drug-likeness (QED) is 0.624. The molecule has 8 heteroatoms. The normalized spacial score (nSPS) is 22.5. The Hall–Kier alpha value is -2.61. The zero-order valence-electron chi connectivity index (χ0n) is 21.3. The Bertz CT molecular complexity index is 1090. The van der Waals surface area contributed by atoms with Gasteiger partial charge in [-0.15, -0.1) is 0 Å². The molecule has 35 heavy (non-hydrogen) atoms. The maximum Gasteiger partial charge on any atom is 0.326 e. The molecule has 2 saturated heterocycles. The molecule has 2 atom stereocenters. The van der Waals surface area contributed by atoms with Crippen LogP contribution in [-0.4, -0.2) is 69.1 Å². The van der Waals surface area contributed by atoms with Gasteiger partial charge in [-0.3, -0.25) is 14.2 Å². The fourth-order valence-corrected chi connectivity index (χ4v) is 5.88. The number of fused-ring (bicyclic) bond motifs is 1. The van der Waals surface area contributed by atoms with Crippen molar-refractivity contribution >= 4 is 22.9 Å². The number of rotatable bonds is 7. The smallest absolute Gasteiger partial charge is 0.326 e. The number of hydrogen-bond donors (Lipinski definition) is 2. The van der Waals surface area contributed by atoms with E-state index >= 15 is 0 Å². The van der Waals surface area contributed by atoms with Gasteiger partial charge < -0.3 is 19.9 Å². The Morgan fingerprint density at radius 2 is 1.77 bits per heavy atom. The van der Waals surface area contributed by atoms with Gasteiger partial charge >= 0.3 is 11.7 Å². The fraction of sp³-hybridized carbons (Fsp3) is 0.667. The molecule has 1 aromatic carbocycles. The second-order valence-corrected chi connectivity index (χ2v) is 11.7. The lowest BCUT2D eigenvalue weighted by Gasteiger charge is -2.40. The minimum atomic E-state index is -0.751. The van der Waals surface area contributed by atoms with Crippen molar-refractivity contribution < 1.29 is 14.7 Å². The number of hydrogen-bond acceptors (Lipinski definition) is 4. The summed E-state index contributed by atoms with van der Waals surface area (Å²) in [6, 6.07) is 8.03. The first-order chi connectivity index (χ1) is 16.6. The summed E-state index contributed by atoms with van der Waals surface area (Å²) in [4.78, 5) is 44.2. The van der Waals surface area contributed by atoms with Crippen LogP contribution >= 0.6 is 0 Å². The second-order valence-electron chi connectivity index (χ2n) is 11.7. The van der Waals surface area contributed by atoms with Crippen molar-refractivity contribution in [3.63, 3.8) is 0 Å². The first-order valence-electron chi connectivity index (χ1n) is 13.0. The molecule has 0 radical (unpaired) electrons. The lowest BCUT2D eigenvalue weighted by molar-refractivity contribution is -0.140. The fourth-order valence-electron chi connectivity index (χ4n) is 5.88. The molecule has 2 unspecified atom stereocenters. The summed E-state index contributed by atoms with van der Waals surface area (Å²) in [5.74, 6) is -0.244. The summed E-state index contributed by atoms with van der Waals surface area (Å²) < 4.78 is 1.91. The lowest BCUT2D eigenvalue weighted by atomic mass is 9.80. The van der Waals surface area contributed by atoms with E-state index in [0.29, 0.717) is 19.5 Å². The Balaban J connectivity index is 1.34. The van der Waals surface area contributed by atoms with E-state index in [1.165, 1.54) is 0 Å². The number of nitrogens with one attached hydrogen (secondary N) is 1. The maximum absolute atomic E-state index is 12.8. The third-order valence-electron chi connectivity index (χ3n) is 7.72. The van der Waals surface area contributed by atoms with E-state index in [0.717, 1.165) is 56.4 Å². The summed E-state index contributed by atoms with van der Waals surface area (Å²) in [6.07, 6.45) is 4.19. The van der Waals surface area contributed by atoms with Gasteiger partial charge in [-0.25, -0.2) is 4.79 Å². The van der Waals surface area contributed by atoms with Crippen molar-refractivity contribution in [2.24, 2.45) is 17.3 Å². The number of carboxylic acids is 1. The van der Waals surface area contributed by atoms with Gasteiger partial charge in [-0.2, -0.15) is 0 Å². The predicted molar refractivity (Wildman–Crippen MR) is 136 cm³/mol. The first kappa shape index (κ1) is 25.5. The summed E-state index contributed by atoms with van der Waals surface area (Å²) in [6.45, 7) is 10.3. The molecule has 3 heterocycles. The number of aromatic amines is 1. The van der Waals surface area contributed by atoms with Crippen molar-refractivity contribution in [1.82, 2.24) is 19.4 Å². The van der Waals surface area contributed by atoms with Gasteiger partial charge in [0.25, 0.3) is 0 Å². The van der Waals surface area contributed by atoms with E-state index in [2.05, 4.69) is 30.7 Å². The summed E-state index contributed by atoms with van der Waals surface area (Å²) in [5.41, 5.74) is 1.76. The van der Waals surface area contributed by atoms with Crippen LogP contribution < -0.4 is 5.69 Å². The van der Waals surface area contributed by atoms with E-state index in [-0.39, 0.29) is 41.3 Å². The number of carbonyl (C=O) groups is 2. The number of likely N-dealkylation sites (tertiary alicyclic amines) is 2. The highest BCUT2D eigenvalue weighted by atomic mass is 16.4. The molecule has 1 amide bonds. The number of benzene rings is 1. The highest BCUT2D eigenvalue weighted by Crippen LogP contribution is 2.32. The zero-order valence-corrected chi connectivity index (χ0v) is 21.3. The molecular weight excluding hydrogens is 444 g/mol. The van der Waals surface area contributed by atoms with Gasteiger partial charge in [-0.1, -0.05) is 32.9 Å². The molecule has 4 rings (SSSR count). The molecule has 0 bridgehead atoms. The maximum atomic E-state index is 12.8. The number of aromatic nitrogens is 2. The lowest BCUT2D eigenvalue weighted by Crippen LogP contribution is -2.46. The van der Waals surface area contributed by atoms with Crippen molar-refractivity contribution in [2.75, 3.05) is 32.7 Å². The molecule has 0 spiro atoms. The molecule has 2 aliphatic rings. The summed E-state index contributed by atoms with van der Waals surface area (Å²) >= 11 is 0. The van der Waals surface area contributed by atoms with E-state index in [1.807, 2.05) is 33.7 Å². The van der Waals surface area contributed by atoms with Crippen LogP contribution in [0.5, 0.6) is 0 Å². The van der Waals surface area contributed by atoms with Gasteiger partial charge in [0.2, 0.25) is 5.91 Å². The van der Waals surface area contributed by atoms with Crippen LogP contribution in [-0.2, 0) is 9.59 Å². The summed E-state index contributed by atoms with van der Waals surface area (Å²) in [5, 5.41) is 9.42. The average molecular weight is 485 g/mol. The number of amides is 1. The molecule has 1 aromatic heterocycles. The average Bonchev–Trinajstić information content (AvgIpc) is 3.13. The van der Waals surface area contributed by atoms with Crippen molar-refractivity contribution in [3.8, 4) is 0 Å². The van der Waals surface area contributed by atoms with Crippen molar-refractivity contribution in [3.05, 3.63) is 34.7 Å². The number of carboxylic acid groups (broad SMARTS) is 1. The standard InChI is InChI=1S/C27H40N4O4/c1-27(2,3)17-24(32)30-15-9-19(16-25(33)34)20(18-30)8-12-29-13-10-21(11-14-29)31-23-7-5-4-6-22(23)28-26(31)35/h4-7,19-21H,8-18H2,1-3H3,(H,28,35)(H,33,34). The Morgan fingerprint density at radius 3 is 2.46 bits per heavy atom. The van der Waals surface area contributed by atoms with E-state index in [9.17, 15) is 19.5 Å². The number of H-pyrrole nitrogens is 1. The van der Waals surface area contributed by atoms with Crippen molar-refractivity contribution in [1.29, 1.82) is 0 Å². The van der Waals surface area contributed by atoms with Gasteiger partial charge in [-0.05, 0) is 61.6 Å². The van der Waals surface area contributed by atoms with Gasteiger partial charge in [0.15, 0.2) is 0 Å². The third kappa shape index (κ3) is 6.34. The van der Waals surface area contributed by atoms with Crippen LogP contribution in [0.15, 0.2) is 29.1 Å². The highest BCUT2D eigenvalue weighted by molar-refractivity contribution is 5.77. The topological polar surface area (TPSA) is 98.6 Å². The first-order valence-corrected chi connectivity index (χ1v) is 13.0. The molecular formula is C27H40N4O4. The molecule has 2 aliphatic heterocycles. The molecule has 2 N–H and O–H groups in total. The number of imidazole rings is 1. The van der Waals surface area contributed by atoms with Gasteiger partial charge in [0.1, 0.15) is 0 Å². The summed E-state index contributed by atoms with van der Waals surface area (Å²) in [7, 11) is 0. The van der Waals surface area contributed by atoms with Crippen LogP contribution in [0.1, 0.15) is 65.3 Å². The molecule has 2 aromatic rings. The zero-order chi connectivity index (χ0) is 25.2. The van der Waals surface area contributed by atoms with Crippen LogP contribution in [0.2, 0.25) is 0 Å². The van der Waals surface area contributed by atoms with Gasteiger partial charge in [0.05, 0.1) is 11.0 Å². The van der Waals surface area contributed by atoms with E-state index in [1.54, 1.807) is 0 Å². The number of piperidine rings is 2. The van der Waals surface area contributed by atoms with Crippen LogP contribution in [0.3, 0.4) is 0 Å². The molecule has 0 aliphatic carbocycles. The molecule has 192 valence electrons. The Kier molecular flexibility index (Phi) is 7.69. The molecule has 8 nitrogen and oxygen atoms in total. The van der Waals surface area contributed by atoms with Crippen LogP contribution in [0, 0.1) is 17.3 Å². The minimum Gasteiger partial charge on any atom is -0.481 e.